The van der Waals surface area contributed by atoms with Crippen LogP contribution >= 0.6 is 0 Å². The molecule has 0 aromatic rings. The molecule has 0 aliphatic rings. The van der Waals surface area contributed by atoms with Crippen molar-refractivity contribution in [3.8, 4) is 0 Å². The summed E-state index contributed by atoms with van der Waals surface area (Å²) in [4.78, 5) is 23.2. The van der Waals surface area contributed by atoms with Crippen LogP contribution in [0.3, 0.4) is 0 Å². The van der Waals surface area contributed by atoms with Gasteiger partial charge in [0.1, 0.15) is 5.54 Å². The minimum atomic E-state index is -3.40. The lowest BCUT2D eigenvalue weighted by Gasteiger charge is -2.33. The average Bonchev–Trinajstić information content (AvgIpc) is 2.26. The number of nitrogens with two attached hydrogens (primary N) is 1. The molecule has 0 heterocycles. The van der Waals surface area contributed by atoms with Crippen LogP contribution in [0.5, 0.6) is 0 Å². The van der Waals surface area contributed by atoms with Crippen LogP contribution in [0.15, 0.2) is 0 Å². The van der Waals surface area contributed by atoms with Crippen molar-refractivity contribution in [3.63, 3.8) is 0 Å². The number of sulfone groups is 1. The van der Waals surface area contributed by atoms with E-state index in [1.54, 1.807) is 11.8 Å². The molecule has 0 aromatic carbocycles. The summed E-state index contributed by atoms with van der Waals surface area (Å²) in [6, 6.07) is 0. The van der Waals surface area contributed by atoms with Crippen LogP contribution in [0.2, 0.25) is 0 Å². The molecule has 8 heteroatoms. The summed E-state index contributed by atoms with van der Waals surface area (Å²) in [5.41, 5.74) is 3.77. The van der Waals surface area contributed by atoms with E-state index < -0.39 is 27.3 Å². The Morgan fingerprint density at radius 3 is 2.16 bits per heavy atom. The fourth-order valence-electron chi connectivity index (χ4n) is 1.58. The van der Waals surface area contributed by atoms with Gasteiger partial charge in [0.25, 0.3) is 0 Å². The van der Waals surface area contributed by atoms with Crippen molar-refractivity contribution in [3.05, 3.63) is 0 Å². The molecule has 19 heavy (non-hydrogen) atoms. The molecular weight excluding hydrogens is 272 g/mol. The fourth-order valence-corrected chi connectivity index (χ4v) is 2.79. The van der Waals surface area contributed by atoms with Gasteiger partial charge in [0.05, 0.1) is 11.5 Å². The van der Waals surface area contributed by atoms with Crippen LogP contribution in [0.1, 0.15) is 27.2 Å². The van der Waals surface area contributed by atoms with Gasteiger partial charge < -0.3 is 10.8 Å². The monoisotopic (exact) mass is 294 g/mol. The highest BCUT2D eigenvalue weighted by molar-refractivity contribution is 7.91. The molecule has 0 saturated carbocycles. The third-order valence-corrected chi connectivity index (χ3v) is 4.66. The van der Waals surface area contributed by atoms with Crippen molar-refractivity contribution in [2.24, 2.45) is 5.73 Å². The van der Waals surface area contributed by atoms with Gasteiger partial charge in [-0.15, -0.1) is 0 Å². The van der Waals surface area contributed by atoms with E-state index in [0.717, 1.165) is 0 Å². The van der Waals surface area contributed by atoms with Crippen molar-refractivity contribution >= 4 is 21.7 Å². The largest absolute Gasteiger partial charge is 0.480 e. The van der Waals surface area contributed by atoms with Crippen molar-refractivity contribution < 1.29 is 23.1 Å². The van der Waals surface area contributed by atoms with Gasteiger partial charge in [-0.05, 0) is 20.4 Å². The number of hydrogen-bond acceptors (Lipinski definition) is 5. The zero-order valence-corrected chi connectivity index (χ0v) is 12.4. The minimum Gasteiger partial charge on any atom is -0.480 e. The maximum absolute atomic E-state index is 11.7. The summed E-state index contributed by atoms with van der Waals surface area (Å²) in [5, 5.41) is 9.10. The van der Waals surface area contributed by atoms with E-state index in [2.05, 4.69) is 0 Å². The normalized spacial score (nSPS) is 12.6. The predicted molar refractivity (Wildman–Crippen MR) is 71.4 cm³/mol. The van der Waals surface area contributed by atoms with Crippen molar-refractivity contribution in [1.82, 2.24) is 4.90 Å². The summed E-state index contributed by atoms with van der Waals surface area (Å²) >= 11 is 0. The third-order valence-electron chi connectivity index (χ3n) is 3.03. The zero-order valence-electron chi connectivity index (χ0n) is 11.5. The number of carboxylic acid groups (broad SMARTS) is 1. The first-order chi connectivity index (χ1) is 8.53. The Kier molecular flexibility index (Phi) is 6.44. The first-order valence-corrected chi connectivity index (χ1v) is 7.82. The lowest BCUT2D eigenvalue weighted by Crippen LogP contribution is -2.51. The maximum atomic E-state index is 11.7. The molecule has 0 atom stereocenters. The number of aliphatic carboxylic acids is 1. The number of carbonyl (C=O) groups excluding carboxylic acids is 1. The van der Waals surface area contributed by atoms with E-state index in [9.17, 15) is 18.0 Å². The molecule has 0 bridgehead atoms. The van der Waals surface area contributed by atoms with Gasteiger partial charge >= 0.3 is 5.97 Å². The Hall–Kier alpha value is -1.15. The summed E-state index contributed by atoms with van der Waals surface area (Å²) < 4.78 is 23.3. The summed E-state index contributed by atoms with van der Waals surface area (Å²) in [7, 11) is -3.40. The van der Waals surface area contributed by atoms with Crippen LogP contribution in [0.4, 0.5) is 0 Å². The predicted octanol–water partition coefficient (Wildman–Crippen LogP) is -0.538. The Labute approximate surface area is 113 Å². The number of carboxylic acids is 1. The lowest BCUT2D eigenvalue weighted by atomic mass is 10.0. The van der Waals surface area contributed by atoms with Crippen LogP contribution in [-0.2, 0) is 19.4 Å². The van der Waals surface area contributed by atoms with Crippen LogP contribution in [0, 0.1) is 0 Å². The summed E-state index contributed by atoms with van der Waals surface area (Å²) in [6.45, 7) is 5.34. The highest BCUT2D eigenvalue weighted by Crippen LogP contribution is 2.14. The van der Waals surface area contributed by atoms with Gasteiger partial charge in [0.15, 0.2) is 9.84 Å². The second-order valence-electron chi connectivity index (χ2n) is 4.81. The number of rotatable bonds is 9. The van der Waals surface area contributed by atoms with E-state index in [0.29, 0.717) is 6.54 Å². The molecule has 0 spiro atoms. The van der Waals surface area contributed by atoms with Gasteiger partial charge in [-0.2, -0.15) is 0 Å². The molecule has 0 fully saturated rings. The zero-order chi connectivity index (χ0) is 15.3. The minimum absolute atomic E-state index is 0.108. The number of hydrogen-bond donors (Lipinski definition) is 2. The highest BCUT2D eigenvalue weighted by atomic mass is 32.2. The standard InChI is InChI=1S/C11H22N2O5S/c1-4-13(11(2,3)10(15)16)6-8-19(17,18)7-5-9(12)14/h4-8H2,1-3H3,(H2,12,14)(H,15,16). The van der Waals surface area contributed by atoms with Gasteiger partial charge in [0, 0.05) is 13.0 Å². The number of likely N-dealkylation sites (N-methyl/N-ethyl adjacent to an activating group) is 1. The molecular formula is C11H22N2O5S. The summed E-state index contributed by atoms with van der Waals surface area (Å²) in [6.07, 6.45) is -0.212. The Bertz CT molecular complexity index is 430. The van der Waals surface area contributed by atoms with Gasteiger partial charge in [-0.1, -0.05) is 6.92 Å². The second kappa shape index (κ2) is 6.85. The molecule has 0 aliphatic carbocycles. The Balaban J connectivity index is 4.59. The first-order valence-electron chi connectivity index (χ1n) is 6.00. The molecule has 0 aliphatic heterocycles. The molecule has 0 rings (SSSR count). The van der Waals surface area contributed by atoms with E-state index >= 15 is 0 Å². The Morgan fingerprint density at radius 1 is 1.26 bits per heavy atom. The number of nitrogens with zero attached hydrogens (tertiary/aromatic N) is 1. The SMILES string of the molecule is CCN(CCS(=O)(=O)CCC(N)=O)C(C)(C)C(=O)O. The molecule has 3 N–H and O–H groups in total. The smallest absolute Gasteiger partial charge is 0.323 e. The molecule has 7 nitrogen and oxygen atoms in total. The Morgan fingerprint density at radius 2 is 1.79 bits per heavy atom. The quantitative estimate of drug-likeness (QED) is 0.590. The van der Waals surface area contributed by atoms with Gasteiger partial charge in [-0.3, -0.25) is 14.5 Å². The number of carbonyl (C=O) groups is 2. The lowest BCUT2D eigenvalue weighted by molar-refractivity contribution is -0.149. The fraction of sp³-hybridized carbons (Fsp3) is 0.818. The van der Waals surface area contributed by atoms with Crippen LogP contribution in [-0.4, -0.2) is 60.4 Å². The van der Waals surface area contributed by atoms with Crippen LogP contribution < -0.4 is 5.73 Å². The molecule has 0 radical (unpaired) electrons. The number of primary amides is 1. The topological polar surface area (TPSA) is 118 Å². The molecule has 0 saturated heterocycles. The van der Waals surface area contributed by atoms with E-state index in [4.69, 9.17) is 10.8 Å². The maximum Gasteiger partial charge on any atom is 0.323 e. The van der Waals surface area contributed by atoms with Gasteiger partial charge in [0.2, 0.25) is 5.91 Å². The van der Waals surface area contributed by atoms with E-state index in [1.165, 1.54) is 13.8 Å². The third kappa shape index (κ3) is 6.02. The average molecular weight is 294 g/mol. The second-order valence-corrected chi connectivity index (χ2v) is 7.12. The highest BCUT2D eigenvalue weighted by Gasteiger charge is 2.34. The summed E-state index contributed by atoms with van der Waals surface area (Å²) in [5.74, 6) is -2.16. The van der Waals surface area contributed by atoms with Crippen molar-refractivity contribution in [1.29, 1.82) is 0 Å². The first kappa shape index (κ1) is 17.8. The molecule has 1 amide bonds. The van der Waals surface area contributed by atoms with E-state index in [1.807, 2.05) is 0 Å². The number of amides is 1. The molecule has 0 unspecified atom stereocenters. The molecule has 112 valence electrons. The van der Waals surface area contributed by atoms with E-state index in [-0.39, 0.29) is 24.5 Å². The van der Waals surface area contributed by atoms with Crippen molar-refractivity contribution in [2.75, 3.05) is 24.6 Å². The van der Waals surface area contributed by atoms with Gasteiger partial charge in [-0.25, -0.2) is 8.42 Å². The van der Waals surface area contributed by atoms with Crippen LogP contribution in [0.25, 0.3) is 0 Å². The van der Waals surface area contributed by atoms with Crippen molar-refractivity contribution in [2.45, 2.75) is 32.7 Å². The molecule has 0 aromatic heterocycles.